The molecule has 0 aliphatic carbocycles. The lowest BCUT2D eigenvalue weighted by Crippen LogP contribution is -2.50. The molecule has 2 N–H and O–H groups in total. The predicted octanol–water partition coefficient (Wildman–Crippen LogP) is 3.93. The third-order valence-electron chi connectivity index (χ3n) is 7.38. The van der Waals surface area contributed by atoms with Gasteiger partial charge in [0.25, 0.3) is 5.91 Å². The van der Waals surface area contributed by atoms with Crippen molar-refractivity contribution < 1.29 is 14.3 Å². The fourth-order valence-electron chi connectivity index (χ4n) is 5.28. The van der Waals surface area contributed by atoms with Crippen molar-refractivity contribution in [2.45, 2.75) is 18.3 Å². The summed E-state index contributed by atoms with van der Waals surface area (Å²) < 4.78 is 10.9. The summed E-state index contributed by atoms with van der Waals surface area (Å²) in [5, 5.41) is 0.707. The molecule has 3 heterocycles. The van der Waals surface area contributed by atoms with Gasteiger partial charge in [0.05, 0.1) is 19.7 Å². The van der Waals surface area contributed by atoms with Crippen molar-refractivity contribution >= 4 is 28.6 Å². The van der Waals surface area contributed by atoms with Crippen LogP contribution < -0.4 is 20.1 Å². The standard InChI is InChI=1S/C29H32N6O3/c1-34(28-32-23-18-25(38-3)24(37-2)17-21(23)26(30)33-28)19-29(20-9-5-4-6-10-20)12-15-35(16-13-29)27(36)22-11-7-8-14-31-22/h4-11,14,17-18H,12-13,15-16,19H2,1-3H3,(H2,30,32,33). The zero-order valence-corrected chi connectivity index (χ0v) is 21.9. The molecule has 1 fully saturated rings. The molecule has 9 nitrogen and oxygen atoms in total. The molecule has 0 atom stereocenters. The molecule has 2 aromatic carbocycles. The summed E-state index contributed by atoms with van der Waals surface area (Å²) in [5.41, 5.74) is 8.57. The van der Waals surface area contributed by atoms with Crippen LogP contribution in [0.25, 0.3) is 10.9 Å². The average Bonchev–Trinajstić information content (AvgIpc) is 2.97. The lowest BCUT2D eigenvalue weighted by molar-refractivity contribution is 0.0663. The van der Waals surface area contributed by atoms with Crippen LogP contribution in [0.3, 0.4) is 0 Å². The summed E-state index contributed by atoms with van der Waals surface area (Å²) in [6.07, 6.45) is 3.25. The number of ether oxygens (including phenoxy) is 2. The Balaban J connectivity index is 1.43. The first-order chi connectivity index (χ1) is 18.4. The number of nitrogens with two attached hydrogens (primary N) is 1. The van der Waals surface area contributed by atoms with Crippen LogP contribution in [0.15, 0.2) is 66.9 Å². The molecular weight excluding hydrogens is 480 g/mol. The normalized spacial score (nSPS) is 14.8. The van der Waals surface area contributed by atoms with Gasteiger partial charge in [-0.1, -0.05) is 36.4 Å². The van der Waals surface area contributed by atoms with Crippen molar-refractivity contribution in [1.29, 1.82) is 0 Å². The maximum absolute atomic E-state index is 13.1. The molecule has 1 amide bonds. The van der Waals surface area contributed by atoms with Crippen LogP contribution in [-0.2, 0) is 5.41 Å². The molecule has 0 bridgehead atoms. The molecule has 1 aliphatic rings. The van der Waals surface area contributed by atoms with Gasteiger partial charge in [-0.3, -0.25) is 9.78 Å². The van der Waals surface area contributed by atoms with Gasteiger partial charge in [-0.15, -0.1) is 0 Å². The van der Waals surface area contributed by atoms with Crippen LogP contribution in [0.1, 0.15) is 28.9 Å². The van der Waals surface area contributed by atoms with Crippen LogP contribution in [0.5, 0.6) is 11.5 Å². The summed E-state index contributed by atoms with van der Waals surface area (Å²) in [6, 6.07) is 19.5. The SMILES string of the molecule is COc1cc2nc(N(C)CC3(c4ccccc4)CCN(C(=O)c4ccccn4)CC3)nc(N)c2cc1OC. The number of anilines is 2. The van der Waals surface area contributed by atoms with Gasteiger partial charge in [0, 0.05) is 49.7 Å². The van der Waals surface area contributed by atoms with Crippen molar-refractivity contribution in [3.63, 3.8) is 0 Å². The molecule has 4 aromatic rings. The van der Waals surface area contributed by atoms with Gasteiger partial charge in [0.2, 0.25) is 5.95 Å². The van der Waals surface area contributed by atoms with E-state index < -0.39 is 0 Å². The third-order valence-corrected chi connectivity index (χ3v) is 7.38. The summed E-state index contributed by atoms with van der Waals surface area (Å²) in [7, 11) is 5.16. The summed E-state index contributed by atoms with van der Waals surface area (Å²) in [6.45, 7) is 1.94. The Bertz CT molecular complexity index is 1420. The number of rotatable bonds is 7. The molecule has 0 spiro atoms. The molecule has 196 valence electrons. The topological polar surface area (TPSA) is 107 Å². The zero-order valence-electron chi connectivity index (χ0n) is 21.9. The van der Waals surface area contributed by atoms with E-state index in [4.69, 9.17) is 20.2 Å². The largest absolute Gasteiger partial charge is 0.493 e. The van der Waals surface area contributed by atoms with E-state index in [2.05, 4.69) is 39.1 Å². The lowest BCUT2D eigenvalue weighted by atomic mass is 9.72. The summed E-state index contributed by atoms with van der Waals surface area (Å²) in [5.74, 6) is 2.03. The number of carbonyl (C=O) groups excluding carboxylic acids is 1. The van der Waals surface area contributed by atoms with E-state index in [1.807, 2.05) is 36.2 Å². The average molecular weight is 513 g/mol. The van der Waals surface area contributed by atoms with Crippen LogP contribution in [-0.4, -0.2) is 66.7 Å². The molecule has 0 saturated carbocycles. The van der Waals surface area contributed by atoms with E-state index in [1.165, 1.54) is 5.56 Å². The van der Waals surface area contributed by atoms with Crippen molar-refractivity contribution in [3.8, 4) is 11.5 Å². The first-order valence-corrected chi connectivity index (χ1v) is 12.6. The van der Waals surface area contributed by atoms with Crippen molar-refractivity contribution in [2.75, 3.05) is 51.5 Å². The minimum absolute atomic E-state index is 0.0318. The molecular formula is C29H32N6O3. The molecule has 38 heavy (non-hydrogen) atoms. The monoisotopic (exact) mass is 512 g/mol. The van der Waals surface area contributed by atoms with E-state index >= 15 is 0 Å². The van der Waals surface area contributed by atoms with E-state index in [0.717, 1.165) is 12.8 Å². The second-order valence-corrected chi connectivity index (χ2v) is 9.64. The number of benzene rings is 2. The van der Waals surface area contributed by atoms with Gasteiger partial charge in [-0.05, 0) is 36.6 Å². The Morgan fingerprint density at radius 2 is 1.68 bits per heavy atom. The minimum atomic E-state index is -0.193. The molecule has 0 radical (unpaired) electrons. The Labute approximate surface area is 222 Å². The number of nitrogens with zero attached hydrogens (tertiary/aromatic N) is 5. The number of carbonyl (C=O) groups is 1. The highest BCUT2D eigenvalue weighted by molar-refractivity contribution is 5.92. The fourth-order valence-corrected chi connectivity index (χ4v) is 5.28. The maximum Gasteiger partial charge on any atom is 0.272 e. The highest BCUT2D eigenvalue weighted by Gasteiger charge is 2.39. The first kappa shape index (κ1) is 25.3. The maximum atomic E-state index is 13.1. The van der Waals surface area contributed by atoms with Crippen LogP contribution in [0.4, 0.5) is 11.8 Å². The number of hydrogen-bond acceptors (Lipinski definition) is 8. The van der Waals surface area contributed by atoms with Gasteiger partial charge in [-0.2, -0.15) is 4.98 Å². The summed E-state index contributed by atoms with van der Waals surface area (Å²) in [4.78, 5) is 30.7. The first-order valence-electron chi connectivity index (χ1n) is 12.6. The van der Waals surface area contributed by atoms with Crippen LogP contribution >= 0.6 is 0 Å². The summed E-state index contributed by atoms with van der Waals surface area (Å²) >= 11 is 0. The number of amides is 1. The Hall–Kier alpha value is -4.40. The van der Waals surface area contributed by atoms with Gasteiger partial charge in [0.15, 0.2) is 11.5 Å². The van der Waals surface area contributed by atoms with E-state index in [-0.39, 0.29) is 11.3 Å². The number of likely N-dealkylation sites (N-methyl/N-ethyl adjacent to an activating group) is 1. The minimum Gasteiger partial charge on any atom is -0.493 e. The number of methoxy groups -OCH3 is 2. The predicted molar refractivity (Wildman–Crippen MR) is 148 cm³/mol. The number of fused-ring (bicyclic) bond motifs is 1. The molecule has 1 aliphatic heterocycles. The smallest absolute Gasteiger partial charge is 0.272 e. The molecule has 2 aromatic heterocycles. The number of piperidine rings is 1. The van der Waals surface area contributed by atoms with Crippen molar-refractivity contribution in [2.24, 2.45) is 0 Å². The van der Waals surface area contributed by atoms with Crippen LogP contribution in [0, 0.1) is 0 Å². The molecule has 0 unspecified atom stereocenters. The quantitative estimate of drug-likeness (QED) is 0.397. The zero-order chi connectivity index (χ0) is 26.7. The number of pyridine rings is 1. The third kappa shape index (κ3) is 4.79. The lowest BCUT2D eigenvalue weighted by Gasteiger charge is -2.44. The number of hydrogen-bond donors (Lipinski definition) is 1. The van der Waals surface area contributed by atoms with Crippen LogP contribution in [0.2, 0.25) is 0 Å². The van der Waals surface area contributed by atoms with Gasteiger partial charge in [-0.25, -0.2) is 4.98 Å². The van der Waals surface area contributed by atoms with E-state index in [9.17, 15) is 4.79 Å². The molecule has 5 rings (SSSR count). The molecule has 9 heteroatoms. The molecule has 1 saturated heterocycles. The number of aromatic nitrogens is 3. The second kappa shape index (κ2) is 10.5. The Morgan fingerprint density at radius 3 is 2.34 bits per heavy atom. The van der Waals surface area contributed by atoms with Crippen molar-refractivity contribution in [3.05, 3.63) is 78.1 Å². The van der Waals surface area contributed by atoms with Gasteiger partial charge >= 0.3 is 0 Å². The van der Waals surface area contributed by atoms with E-state index in [1.54, 1.807) is 32.5 Å². The number of nitrogen functional groups attached to an aromatic ring is 1. The second-order valence-electron chi connectivity index (χ2n) is 9.64. The highest BCUT2D eigenvalue weighted by atomic mass is 16.5. The van der Waals surface area contributed by atoms with Gasteiger partial charge < -0.3 is 25.0 Å². The van der Waals surface area contributed by atoms with Crippen molar-refractivity contribution in [1.82, 2.24) is 19.9 Å². The number of likely N-dealkylation sites (tertiary alicyclic amines) is 1. The van der Waals surface area contributed by atoms with Gasteiger partial charge in [0.1, 0.15) is 11.5 Å². The Kier molecular flexibility index (Phi) is 7.00. The van der Waals surface area contributed by atoms with E-state index in [0.29, 0.717) is 59.5 Å². The fraction of sp³-hybridized carbons (Fsp3) is 0.310. The Morgan fingerprint density at radius 1 is 1.00 bits per heavy atom. The highest BCUT2D eigenvalue weighted by Crippen LogP contribution is 2.38.